The zero-order valence-electron chi connectivity index (χ0n) is 13.5. The Labute approximate surface area is 149 Å². The van der Waals surface area contributed by atoms with Gasteiger partial charge in [-0.1, -0.05) is 11.6 Å². The molecular weight excluding hydrogens is 343 g/mol. The Bertz CT molecular complexity index is 911. The van der Waals surface area contributed by atoms with Gasteiger partial charge in [0, 0.05) is 35.4 Å². The van der Waals surface area contributed by atoms with Crippen molar-refractivity contribution < 1.29 is 4.39 Å². The molecule has 0 radical (unpaired) electrons. The normalized spacial score (nSPS) is 20.8. The van der Waals surface area contributed by atoms with Gasteiger partial charge in [0.1, 0.15) is 5.65 Å². The number of aromatic amines is 1. The van der Waals surface area contributed by atoms with Gasteiger partial charge in [0.25, 0.3) is 0 Å². The third kappa shape index (κ3) is 3.29. The number of nitrogens with two attached hydrogens (primary N) is 1. The second kappa shape index (κ2) is 6.57. The molecule has 0 aliphatic heterocycles. The number of halogens is 2. The second-order valence-corrected chi connectivity index (χ2v) is 6.85. The minimum Gasteiger partial charge on any atom is -0.365 e. The van der Waals surface area contributed by atoms with E-state index in [4.69, 9.17) is 17.3 Å². The Morgan fingerprint density at radius 3 is 3.00 bits per heavy atom. The maximum atomic E-state index is 14.2. The van der Waals surface area contributed by atoms with E-state index in [1.54, 1.807) is 18.5 Å². The lowest BCUT2D eigenvalue weighted by atomic mass is 9.92. The monoisotopic (exact) mass is 360 g/mol. The summed E-state index contributed by atoms with van der Waals surface area (Å²) in [6.07, 6.45) is 8.31. The maximum Gasteiger partial charge on any atom is 0.183 e. The highest BCUT2D eigenvalue weighted by Crippen LogP contribution is 2.29. The van der Waals surface area contributed by atoms with Crippen LogP contribution in [0, 0.1) is 5.82 Å². The third-order valence-electron chi connectivity index (χ3n) is 4.54. The first-order valence-electron chi connectivity index (χ1n) is 8.28. The first-order valence-corrected chi connectivity index (χ1v) is 8.65. The van der Waals surface area contributed by atoms with Gasteiger partial charge >= 0.3 is 0 Å². The molecule has 2 atom stereocenters. The predicted octanol–water partition coefficient (Wildman–Crippen LogP) is 3.49. The first-order chi connectivity index (χ1) is 12.1. The molecule has 0 bridgehead atoms. The van der Waals surface area contributed by atoms with Gasteiger partial charge in [-0.3, -0.25) is 0 Å². The van der Waals surface area contributed by atoms with Crippen LogP contribution in [0.1, 0.15) is 25.7 Å². The van der Waals surface area contributed by atoms with Crippen molar-refractivity contribution in [3.63, 3.8) is 0 Å². The van der Waals surface area contributed by atoms with Crippen molar-refractivity contribution in [2.24, 2.45) is 5.73 Å². The molecule has 0 saturated heterocycles. The molecule has 3 aromatic heterocycles. The van der Waals surface area contributed by atoms with Crippen molar-refractivity contribution >= 4 is 28.5 Å². The highest BCUT2D eigenvalue weighted by molar-refractivity contribution is 6.31. The number of fused-ring (bicyclic) bond motifs is 1. The lowest BCUT2D eigenvalue weighted by Gasteiger charge is -2.27. The lowest BCUT2D eigenvalue weighted by molar-refractivity contribution is 0.407. The molecule has 130 valence electrons. The number of nitrogens with zero attached hydrogens (tertiary/aromatic N) is 3. The fourth-order valence-corrected chi connectivity index (χ4v) is 3.47. The van der Waals surface area contributed by atoms with Crippen molar-refractivity contribution in [2.45, 2.75) is 37.8 Å². The molecule has 1 aliphatic rings. The smallest absolute Gasteiger partial charge is 0.183 e. The van der Waals surface area contributed by atoms with E-state index >= 15 is 0 Å². The summed E-state index contributed by atoms with van der Waals surface area (Å²) in [6.45, 7) is 0. The van der Waals surface area contributed by atoms with Gasteiger partial charge in [-0.15, -0.1) is 0 Å². The first kappa shape index (κ1) is 16.2. The van der Waals surface area contributed by atoms with E-state index in [1.807, 2.05) is 0 Å². The molecular formula is C17H18ClFN6. The van der Waals surface area contributed by atoms with Crippen molar-refractivity contribution in [3.05, 3.63) is 35.5 Å². The Kier molecular flexibility index (Phi) is 4.27. The van der Waals surface area contributed by atoms with Gasteiger partial charge < -0.3 is 16.0 Å². The molecule has 1 fully saturated rings. The Morgan fingerprint density at radius 2 is 2.16 bits per heavy atom. The maximum absolute atomic E-state index is 14.2. The van der Waals surface area contributed by atoms with E-state index < -0.39 is 5.82 Å². The Balaban J connectivity index is 1.67. The minimum absolute atomic E-state index is 0.125. The molecule has 0 spiro atoms. The predicted molar refractivity (Wildman–Crippen MR) is 95.9 cm³/mol. The summed E-state index contributed by atoms with van der Waals surface area (Å²) >= 11 is 6.03. The fourth-order valence-electron chi connectivity index (χ4n) is 3.31. The zero-order chi connectivity index (χ0) is 17.4. The molecule has 25 heavy (non-hydrogen) atoms. The molecule has 1 saturated carbocycles. The number of H-pyrrole nitrogens is 1. The van der Waals surface area contributed by atoms with Crippen LogP contribution in [0.4, 0.5) is 10.2 Å². The topological polar surface area (TPSA) is 92.5 Å². The summed E-state index contributed by atoms with van der Waals surface area (Å²) in [5.41, 5.74) is 7.42. The van der Waals surface area contributed by atoms with E-state index in [2.05, 4.69) is 25.3 Å². The van der Waals surface area contributed by atoms with Gasteiger partial charge in [0.15, 0.2) is 17.5 Å². The molecule has 6 nitrogen and oxygen atoms in total. The summed E-state index contributed by atoms with van der Waals surface area (Å²) in [5.74, 6) is 0.145. The van der Waals surface area contributed by atoms with E-state index in [-0.39, 0.29) is 17.9 Å². The number of aromatic nitrogens is 4. The molecule has 1 aliphatic carbocycles. The molecule has 3 heterocycles. The van der Waals surface area contributed by atoms with Crippen LogP contribution in [-0.4, -0.2) is 32.0 Å². The number of rotatable bonds is 3. The molecule has 8 heteroatoms. The highest BCUT2D eigenvalue weighted by Gasteiger charge is 2.21. The van der Waals surface area contributed by atoms with Crippen LogP contribution >= 0.6 is 11.6 Å². The number of hydrogen-bond acceptors (Lipinski definition) is 5. The average Bonchev–Trinajstić information content (AvgIpc) is 3.00. The number of pyridine rings is 1. The molecule has 4 rings (SSSR count). The Morgan fingerprint density at radius 1 is 1.28 bits per heavy atom. The number of nitrogens with one attached hydrogen (secondary N) is 2. The van der Waals surface area contributed by atoms with Gasteiger partial charge in [-0.25, -0.2) is 19.3 Å². The van der Waals surface area contributed by atoms with E-state index in [0.29, 0.717) is 16.5 Å². The van der Waals surface area contributed by atoms with Crippen LogP contribution in [0.15, 0.2) is 24.7 Å². The largest absolute Gasteiger partial charge is 0.365 e. The summed E-state index contributed by atoms with van der Waals surface area (Å²) in [6, 6.07) is 2.06. The van der Waals surface area contributed by atoms with Crippen LogP contribution in [0.5, 0.6) is 0 Å². The van der Waals surface area contributed by atoms with Crippen LogP contribution in [-0.2, 0) is 0 Å². The summed E-state index contributed by atoms with van der Waals surface area (Å²) in [7, 11) is 0. The van der Waals surface area contributed by atoms with Crippen LogP contribution in [0.25, 0.3) is 22.4 Å². The standard InChI is InChI=1S/C17H18ClFN6/c18-9-4-12-13(7-22-15(12)21-6-9)16-23-8-14(19)17(25-16)24-11-3-1-2-10(20)5-11/h4,6-8,10-11H,1-3,5,20H2,(H,21,22)(H,23,24,25). The molecule has 3 aromatic rings. The molecule has 2 unspecified atom stereocenters. The molecule has 4 N–H and O–H groups in total. The van der Waals surface area contributed by atoms with Gasteiger partial charge in [-0.05, 0) is 31.7 Å². The SMILES string of the molecule is NC1CCCC(Nc2nc(-c3c[nH]c4ncc(Cl)cc34)ncc2F)C1. The van der Waals surface area contributed by atoms with Crippen molar-refractivity contribution in [3.8, 4) is 11.4 Å². The summed E-state index contributed by atoms with van der Waals surface area (Å²) < 4.78 is 14.2. The van der Waals surface area contributed by atoms with Crippen molar-refractivity contribution in [1.29, 1.82) is 0 Å². The van der Waals surface area contributed by atoms with Gasteiger partial charge in [-0.2, -0.15) is 0 Å². The number of anilines is 1. The van der Waals surface area contributed by atoms with Crippen LogP contribution < -0.4 is 11.1 Å². The fraction of sp³-hybridized carbons (Fsp3) is 0.353. The van der Waals surface area contributed by atoms with Crippen LogP contribution in [0.2, 0.25) is 5.02 Å². The minimum atomic E-state index is -0.473. The summed E-state index contributed by atoms with van der Waals surface area (Å²) in [5, 5.41) is 4.50. The van der Waals surface area contributed by atoms with E-state index in [0.717, 1.165) is 36.6 Å². The highest BCUT2D eigenvalue weighted by atomic mass is 35.5. The lowest BCUT2D eigenvalue weighted by Crippen LogP contribution is -2.35. The van der Waals surface area contributed by atoms with Gasteiger partial charge in [0.2, 0.25) is 0 Å². The number of hydrogen-bond donors (Lipinski definition) is 3. The molecule has 0 aromatic carbocycles. The van der Waals surface area contributed by atoms with Crippen molar-refractivity contribution in [1.82, 2.24) is 19.9 Å². The quantitative estimate of drug-likeness (QED) is 0.664. The Hall–Kier alpha value is -2.25. The van der Waals surface area contributed by atoms with Gasteiger partial charge in [0.05, 0.1) is 11.2 Å². The van der Waals surface area contributed by atoms with E-state index in [1.165, 1.54) is 6.20 Å². The van der Waals surface area contributed by atoms with Crippen LogP contribution in [0.3, 0.4) is 0 Å². The third-order valence-corrected chi connectivity index (χ3v) is 4.75. The summed E-state index contributed by atoms with van der Waals surface area (Å²) in [4.78, 5) is 15.8. The zero-order valence-corrected chi connectivity index (χ0v) is 14.2. The molecule has 0 amide bonds. The average molecular weight is 361 g/mol. The second-order valence-electron chi connectivity index (χ2n) is 6.41. The van der Waals surface area contributed by atoms with E-state index in [9.17, 15) is 4.39 Å². The van der Waals surface area contributed by atoms with Crippen molar-refractivity contribution in [2.75, 3.05) is 5.32 Å².